The van der Waals surface area contributed by atoms with Gasteiger partial charge in [-0.2, -0.15) is 10.2 Å². The van der Waals surface area contributed by atoms with Crippen LogP contribution in [0.1, 0.15) is 11.1 Å². The molecule has 2 aromatic rings. The zero-order chi connectivity index (χ0) is 17.7. The van der Waals surface area contributed by atoms with Crippen LogP contribution in [0.3, 0.4) is 0 Å². The molecule has 0 aliphatic heterocycles. The molecule has 6 heteroatoms. The van der Waals surface area contributed by atoms with Gasteiger partial charge in [0.25, 0.3) is 0 Å². The van der Waals surface area contributed by atoms with E-state index >= 15 is 0 Å². The first kappa shape index (κ1) is 17.3. The zero-order valence-corrected chi connectivity index (χ0v) is 14.6. The zero-order valence-electron chi connectivity index (χ0n) is 14.6. The molecule has 4 N–H and O–H groups in total. The van der Waals surface area contributed by atoms with Crippen LogP contribution >= 0.6 is 0 Å². The molecule has 0 amide bonds. The van der Waals surface area contributed by atoms with E-state index in [1.54, 1.807) is 0 Å². The lowest BCUT2D eigenvalue weighted by Crippen LogP contribution is -2.21. The third kappa shape index (κ3) is 3.65. The molecular formula is C18H24N6. The highest BCUT2D eigenvalue weighted by molar-refractivity contribution is 6.53. The van der Waals surface area contributed by atoms with Crippen LogP contribution in [0.15, 0.2) is 58.7 Å². The Morgan fingerprint density at radius 1 is 0.625 bits per heavy atom. The maximum Gasteiger partial charge on any atom is 0.118 e. The van der Waals surface area contributed by atoms with E-state index in [1.165, 1.54) is 0 Å². The van der Waals surface area contributed by atoms with Gasteiger partial charge in [0.15, 0.2) is 0 Å². The van der Waals surface area contributed by atoms with Gasteiger partial charge >= 0.3 is 0 Å². The molecule has 2 rings (SSSR count). The highest BCUT2D eigenvalue weighted by Crippen LogP contribution is 2.17. The van der Waals surface area contributed by atoms with Crippen molar-refractivity contribution in [2.24, 2.45) is 21.9 Å². The van der Waals surface area contributed by atoms with E-state index in [0.29, 0.717) is 11.4 Å². The fourth-order valence-electron chi connectivity index (χ4n) is 2.38. The summed E-state index contributed by atoms with van der Waals surface area (Å²) in [5, 5.41) is 7.84. The van der Waals surface area contributed by atoms with Gasteiger partial charge in [0.2, 0.25) is 0 Å². The minimum absolute atomic E-state index is 0.556. The Morgan fingerprint density at radius 2 is 0.917 bits per heavy atom. The van der Waals surface area contributed by atoms with Gasteiger partial charge in [0, 0.05) is 50.7 Å². The Labute approximate surface area is 143 Å². The smallest absolute Gasteiger partial charge is 0.118 e. The van der Waals surface area contributed by atoms with Gasteiger partial charge in [0.1, 0.15) is 11.4 Å². The number of hydrazone groups is 2. The van der Waals surface area contributed by atoms with Crippen LogP contribution in [-0.2, 0) is 0 Å². The van der Waals surface area contributed by atoms with Gasteiger partial charge in [-0.3, -0.25) is 0 Å². The number of nitrogens with zero attached hydrogens (tertiary/aromatic N) is 4. The van der Waals surface area contributed by atoms with Crippen molar-refractivity contribution >= 4 is 22.8 Å². The Kier molecular flexibility index (Phi) is 5.42. The molecule has 0 heterocycles. The van der Waals surface area contributed by atoms with Gasteiger partial charge in [0.05, 0.1) is 0 Å². The standard InChI is InChI=1S/C18H24N6/c1-23(2)15-9-5-13(6-10-15)17(21-19)18(22-20)14-7-11-16(12-8-14)24(3)4/h5-12H,19-20H2,1-4H3. The van der Waals surface area contributed by atoms with Crippen molar-refractivity contribution in [3.8, 4) is 0 Å². The molecule has 126 valence electrons. The van der Waals surface area contributed by atoms with E-state index in [2.05, 4.69) is 10.2 Å². The maximum atomic E-state index is 5.63. The lowest BCUT2D eigenvalue weighted by atomic mass is 9.99. The average molecular weight is 324 g/mol. The van der Waals surface area contributed by atoms with E-state index in [1.807, 2.05) is 86.5 Å². The molecular weight excluding hydrogens is 300 g/mol. The minimum Gasteiger partial charge on any atom is -0.378 e. The Balaban J connectivity index is 2.37. The number of benzene rings is 2. The highest BCUT2D eigenvalue weighted by Gasteiger charge is 2.15. The minimum atomic E-state index is 0.556. The molecule has 0 aromatic heterocycles. The Morgan fingerprint density at radius 3 is 1.12 bits per heavy atom. The third-order valence-electron chi connectivity index (χ3n) is 3.80. The largest absolute Gasteiger partial charge is 0.378 e. The summed E-state index contributed by atoms with van der Waals surface area (Å²) in [6.45, 7) is 0. The lowest BCUT2D eigenvalue weighted by Gasteiger charge is -2.15. The van der Waals surface area contributed by atoms with Gasteiger partial charge < -0.3 is 21.5 Å². The fourth-order valence-corrected chi connectivity index (χ4v) is 2.38. The van der Waals surface area contributed by atoms with Crippen molar-refractivity contribution in [1.29, 1.82) is 0 Å². The first-order valence-electron chi connectivity index (χ1n) is 7.59. The monoisotopic (exact) mass is 324 g/mol. The molecule has 24 heavy (non-hydrogen) atoms. The second kappa shape index (κ2) is 7.50. The average Bonchev–Trinajstić information content (AvgIpc) is 2.59. The summed E-state index contributed by atoms with van der Waals surface area (Å²) < 4.78 is 0. The summed E-state index contributed by atoms with van der Waals surface area (Å²) >= 11 is 0. The first-order chi connectivity index (χ1) is 11.5. The van der Waals surface area contributed by atoms with E-state index < -0.39 is 0 Å². The van der Waals surface area contributed by atoms with Crippen molar-refractivity contribution in [3.05, 3.63) is 59.7 Å². The van der Waals surface area contributed by atoms with Crippen LogP contribution in [0, 0.1) is 0 Å². The van der Waals surface area contributed by atoms with Crippen LogP contribution in [-0.4, -0.2) is 39.6 Å². The molecule has 0 spiro atoms. The van der Waals surface area contributed by atoms with Crippen LogP contribution in [0.25, 0.3) is 0 Å². The first-order valence-corrected chi connectivity index (χ1v) is 7.59. The van der Waals surface area contributed by atoms with Crippen LogP contribution in [0.2, 0.25) is 0 Å². The van der Waals surface area contributed by atoms with E-state index in [0.717, 1.165) is 22.5 Å². The third-order valence-corrected chi connectivity index (χ3v) is 3.80. The second-order valence-electron chi connectivity index (χ2n) is 5.84. The fraction of sp³-hybridized carbons (Fsp3) is 0.222. The summed E-state index contributed by atoms with van der Waals surface area (Å²) in [6, 6.07) is 15.8. The number of hydrogen-bond donors (Lipinski definition) is 2. The summed E-state index contributed by atoms with van der Waals surface area (Å²) in [5.74, 6) is 11.3. The molecule has 0 saturated heterocycles. The molecule has 0 unspecified atom stereocenters. The molecule has 2 aromatic carbocycles. The van der Waals surface area contributed by atoms with Crippen molar-refractivity contribution in [3.63, 3.8) is 0 Å². The molecule has 0 saturated carbocycles. The molecule has 0 fully saturated rings. The predicted molar refractivity (Wildman–Crippen MR) is 103 cm³/mol. The van der Waals surface area contributed by atoms with Crippen molar-refractivity contribution in [1.82, 2.24) is 0 Å². The van der Waals surface area contributed by atoms with Crippen LogP contribution < -0.4 is 21.5 Å². The topological polar surface area (TPSA) is 83.2 Å². The molecule has 0 atom stereocenters. The molecule has 6 nitrogen and oxygen atoms in total. The number of nitrogens with two attached hydrogens (primary N) is 2. The summed E-state index contributed by atoms with van der Waals surface area (Å²) in [6.07, 6.45) is 0. The molecule has 0 aliphatic rings. The molecule has 0 radical (unpaired) electrons. The summed E-state index contributed by atoms with van der Waals surface area (Å²) in [4.78, 5) is 4.06. The number of hydrogen-bond acceptors (Lipinski definition) is 6. The summed E-state index contributed by atoms with van der Waals surface area (Å²) in [5.41, 5.74) is 5.03. The number of rotatable bonds is 5. The van der Waals surface area contributed by atoms with Gasteiger partial charge in [-0.25, -0.2) is 0 Å². The maximum absolute atomic E-state index is 5.63. The van der Waals surface area contributed by atoms with Gasteiger partial charge in [-0.15, -0.1) is 0 Å². The highest BCUT2D eigenvalue weighted by atomic mass is 15.2. The Hall–Kier alpha value is -3.02. The Bertz CT molecular complexity index is 662. The van der Waals surface area contributed by atoms with Gasteiger partial charge in [-0.05, 0) is 24.3 Å². The quantitative estimate of drug-likeness (QED) is 0.499. The van der Waals surface area contributed by atoms with Gasteiger partial charge in [-0.1, -0.05) is 24.3 Å². The number of anilines is 2. The predicted octanol–water partition coefficient (Wildman–Crippen LogP) is 1.84. The summed E-state index contributed by atoms with van der Waals surface area (Å²) in [7, 11) is 7.97. The van der Waals surface area contributed by atoms with Crippen molar-refractivity contribution in [2.75, 3.05) is 38.0 Å². The van der Waals surface area contributed by atoms with E-state index in [4.69, 9.17) is 11.7 Å². The van der Waals surface area contributed by atoms with Crippen molar-refractivity contribution < 1.29 is 0 Å². The van der Waals surface area contributed by atoms with E-state index in [-0.39, 0.29) is 0 Å². The SMILES string of the molecule is CN(C)c1ccc(C(=NN)C(=NN)c2ccc(N(C)C)cc2)cc1. The normalized spacial score (nSPS) is 12.2. The lowest BCUT2D eigenvalue weighted by molar-refractivity contribution is 1.13. The van der Waals surface area contributed by atoms with Crippen LogP contribution in [0.5, 0.6) is 0 Å². The van der Waals surface area contributed by atoms with Crippen LogP contribution in [0.4, 0.5) is 11.4 Å². The molecule has 0 bridgehead atoms. The van der Waals surface area contributed by atoms with E-state index in [9.17, 15) is 0 Å². The molecule has 0 aliphatic carbocycles. The second-order valence-corrected chi connectivity index (χ2v) is 5.84. The van der Waals surface area contributed by atoms with Crippen molar-refractivity contribution in [2.45, 2.75) is 0 Å².